The fraction of sp³-hybridized carbons (Fsp3) is 0.214. The van der Waals surface area contributed by atoms with Crippen molar-refractivity contribution in [3.05, 3.63) is 65.2 Å². The molecular weight excluding hydrogens is 217 g/mol. The van der Waals surface area contributed by atoms with E-state index in [1.54, 1.807) is 30.6 Å². The molecule has 0 amide bonds. The van der Waals surface area contributed by atoms with Gasteiger partial charge in [-0.25, -0.2) is 4.39 Å². The molecule has 0 aliphatic rings. The van der Waals surface area contributed by atoms with Gasteiger partial charge in [0, 0.05) is 12.4 Å². The van der Waals surface area contributed by atoms with Crippen LogP contribution in [0.5, 0.6) is 0 Å². The molecule has 1 heterocycles. The van der Waals surface area contributed by atoms with Crippen molar-refractivity contribution in [2.45, 2.75) is 19.4 Å². The molecule has 1 aromatic carbocycles. The fourth-order valence-corrected chi connectivity index (χ4v) is 1.82. The molecule has 1 unspecified atom stereocenters. The first-order valence-corrected chi connectivity index (χ1v) is 5.58. The van der Waals surface area contributed by atoms with Crippen LogP contribution in [0.3, 0.4) is 0 Å². The minimum Gasteiger partial charge on any atom is -0.384 e. The standard InChI is InChI=1S/C14H14FNO/c1-2-10-9-16-8-7-13(10)14(17)11-3-5-12(15)6-4-11/h3-9,14,17H,2H2,1H3. The Balaban J connectivity index is 2.36. The van der Waals surface area contributed by atoms with E-state index in [1.165, 1.54) is 12.1 Å². The van der Waals surface area contributed by atoms with Gasteiger partial charge in [-0.1, -0.05) is 19.1 Å². The highest BCUT2D eigenvalue weighted by Crippen LogP contribution is 2.24. The highest BCUT2D eigenvalue weighted by Gasteiger charge is 2.13. The maximum Gasteiger partial charge on any atom is 0.123 e. The zero-order valence-corrected chi connectivity index (χ0v) is 9.60. The maximum absolute atomic E-state index is 12.8. The lowest BCUT2D eigenvalue weighted by Crippen LogP contribution is -2.04. The topological polar surface area (TPSA) is 33.1 Å². The van der Waals surface area contributed by atoms with Crippen molar-refractivity contribution < 1.29 is 9.50 Å². The number of hydrogen-bond acceptors (Lipinski definition) is 2. The van der Waals surface area contributed by atoms with Crippen LogP contribution in [-0.4, -0.2) is 10.1 Å². The number of rotatable bonds is 3. The summed E-state index contributed by atoms with van der Waals surface area (Å²) >= 11 is 0. The summed E-state index contributed by atoms with van der Waals surface area (Å²) in [6, 6.07) is 7.70. The third kappa shape index (κ3) is 2.50. The van der Waals surface area contributed by atoms with Crippen LogP contribution in [0.2, 0.25) is 0 Å². The Morgan fingerprint density at radius 1 is 1.24 bits per heavy atom. The Kier molecular flexibility index (Phi) is 3.49. The number of aliphatic hydroxyl groups is 1. The van der Waals surface area contributed by atoms with E-state index in [9.17, 15) is 9.50 Å². The highest BCUT2D eigenvalue weighted by molar-refractivity contribution is 5.34. The monoisotopic (exact) mass is 231 g/mol. The average molecular weight is 231 g/mol. The molecule has 0 saturated carbocycles. The summed E-state index contributed by atoms with van der Waals surface area (Å²) in [5, 5.41) is 10.2. The zero-order valence-electron chi connectivity index (χ0n) is 9.60. The summed E-state index contributed by atoms with van der Waals surface area (Å²) in [4.78, 5) is 4.04. The van der Waals surface area contributed by atoms with E-state index in [0.717, 1.165) is 17.5 Å². The Hall–Kier alpha value is -1.74. The van der Waals surface area contributed by atoms with Crippen LogP contribution in [0.25, 0.3) is 0 Å². The Morgan fingerprint density at radius 2 is 1.94 bits per heavy atom. The van der Waals surface area contributed by atoms with Gasteiger partial charge in [0.05, 0.1) is 0 Å². The summed E-state index contributed by atoms with van der Waals surface area (Å²) in [6.07, 6.45) is 3.48. The molecule has 0 radical (unpaired) electrons. The molecule has 1 N–H and O–H groups in total. The number of nitrogens with zero attached hydrogens (tertiary/aromatic N) is 1. The number of pyridine rings is 1. The minimum absolute atomic E-state index is 0.300. The Morgan fingerprint density at radius 3 is 2.59 bits per heavy atom. The van der Waals surface area contributed by atoms with Gasteiger partial charge in [0.2, 0.25) is 0 Å². The zero-order chi connectivity index (χ0) is 12.3. The van der Waals surface area contributed by atoms with Crippen LogP contribution in [0.15, 0.2) is 42.7 Å². The Labute approximate surface area is 99.8 Å². The van der Waals surface area contributed by atoms with Gasteiger partial charge in [0.25, 0.3) is 0 Å². The van der Waals surface area contributed by atoms with Gasteiger partial charge >= 0.3 is 0 Å². The number of benzene rings is 1. The molecule has 1 aromatic heterocycles. The van der Waals surface area contributed by atoms with Crippen LogP contribution >= 0.6 is 0 Å². The second-order valence-electron chi connectivity index (χ2n) is 3.88. The largest absolute Gasteiger partial charge is 0.384 e. The molecule has 0 aliphatic carbocycles. The predicted molar refractivity (Wildman–Crippen MR) is 64.1 cm³/mol. The van der Waals surface area contributed by atoms with E-state index in [1.807, 2.05) is 6.92 Å². The van der Waals surface area contributed by atoms with Crippen molar-refractivity contribution in [1.29, 1.82) is 0 Å². The molecule has 1 atom stereocenters. The molecular formula is C14H14FNO. The molecule has 17 heavy (non-hydrogen) atoms. The number of aromatic nitrogens is 1. The molecule has 3 heteroatoms. The van der Waals surface area contributed by atoms with Gasteiger partial charge in [-0.3, -0.25) is 4.98 Å². The number of halogens is 1. The molecule has 0 saturated heterocycles. The SMILES string of the molecule is CCc1cnccc1C(O)c1ccc(F)cc1. The van der Waals surface area contributed by atoms with Gasteiger partial charge in [-0.2, -0.15) is 0 Å². The lowest BCUT2D eigenvalue weighted by molar-refractivity contribution is 0.219. The van der Waals surface area contributed by atoms with Crippen LogP contribution in [0.1, 0.15) is 29.7 Å². The van der Waals surface area contributed by atoms with Crippen molar-refractivity contribution in [3.8, 4) is 0 Å². The summed E-state index contributed by atoms with van der Waals surface area (Å²) in [5.74, 6) is -0.300. The van der Waals surface area contributed by atoms with Crippen molar-refractivity contribution in [3.63, 3.8) is 0 Å². The van der Waals surface area contributed by atoms with Crippen LogP contribution in [0, 0.1) is 5.82 Å². The quantitative estimate of drug-likeness (QED) is 0.881. The van der Waals surface area contributed by atoms with E-state index in [2.05, 4.69) is 4.98 Å². The number of aryl methyl sites for hydroxylation is 1. The summed E-state index contributed by atoms with van der Waals surface area (Å²) < 4.78 is 12.8. The van der Waals surface area contributed by atoms with Gasteiger partial charge < -0.3 is 5.11 Å². The lowest BCUT2D eigenvalue weighted by atomic mass is 9.97. The van der Waals surface area contributed by atoms with Crippen molar-refractivity contribution in [2.24, 2.45) is 0 Å². The van der Waals surface area contributed by atoms with E-state index in [4.69, 9.17) is 0 Å². The summed E-state index contributed by atoms with van der Waals surface area (Å²) in [5.41, 5.74) is 2.52. The molecule has 2 rings (SSSR count). The number of aliphatic hydroxyl groups excluding tert-OH is 1. The van der Waals surface area contributed by atoms with Crippen LogP contribution < -0.4 is 0 Å². The summed E-state index contributed by atoms with van der Waals surface area (Å²) in [7, 11) is 0. The molecule has 0 spiro atoms. The van der Waals surface area contributed by atoms with E-state index in [0.29, 0.717) is 5.56 Å². The average Bonchev–Trinajstić information content (AvgIpc) is 2.39. The molecule has 0 fully saturated rings. The summed E-state index contributed by atoms with van der Waals surface area (Å²) in [6.45, 7) is 2.01. The maximum atomic E-state index is 12.8. The van der Waals surface area contributed by atoms with Gasteiger partial charge in [0.15, 0.2) is 0 Å². The van der Waals surface area contributed by atoms with Crippen molar-refractivity contribution in [1.82, 2.24) is 4.98 Å². The first-order chi connectivity index (χ1) is 8.22. The lowest BCUT2D eigenvalue weighted by Gasteiger charge is -2.14. The molecule has 88 valence electrons. The van der Waals surface area contributed by atoms with Gasteiger partial charge in [0.1, 0.15) is 11.9 Å². The third-order valence-corrected chi connectivity index (χ3v) is 2.80. The predicted octanol–water partition coefficient (Wildman–Crippen LogP) is 2.86. The van der Waals surface area contributed by atoms with Crippen LogP contribution in [0.4, 0.5) is 4.39 Å². The van der Waals surface area contributed by atoms with E-state index < -0.39 is 6.10 Å². The smallest absolute Gasteiger partial charge is 0.123 e. The Bertz CT molecular complexity index is 496. The second kappa shape index (κ2) is 5.06. The molecule has 2 nitrogen and oxygen atoms in total. The van der Waals surface area contributed by atoms with Gasteiger partial charge in [-0.15, -0.1) is 0 Å². The van der Waals surface area contributed by atoms with Gasteiger partial charge in [-0.05, 0) is 41.3 Å². The van der Waals surface area contributed by atoms with Crippen molar-refractivity contribution >= 4 is 0 Å². The fourth-order valence-electron chi connectivity index (χ4n) is 1.82. The first kappa shape index (κ1) is 11.7. The molecule has 0 aliphatic heterocycles. The van der Waals surface area contributed by atoms with E-state index in [-0.39, 0.29) is 5.82 Å². The second-order valence-corrected chi connectivity index (χ2v) is 3.88. The molecule has 0 bridgehead atoms. The minimum atomic E-state index is -0.728. The van der Waals surface area contributed by atoms with Crippen LogP contribution in [-0.2, 0) is 6.42 Å². The molecule has 2 aromatic rings. The van der Waals surface area contributed by atoms with E-state index >= 15 is 0 Å². The first-order valence-electron chi connectivity index (χ1n) is 5.58. The normalized spacial score (nSPS) is 12.4. The van der Waals surface area contributed by atoms with Crippen molar-refractivity contribution in [2.75, 3.05) is 0 Å². The number of hydrogen-bond donors (Lipinski definition) is 1. The highest BCUT2D eigenvalue weighted by atomic mass is 19.1. The third-order valence-electron chi connectivity index (χ3n) is 2.80.